The lowest BCUT2D eigenvalue weighted by atomic mass is 10.2. The molecule has 1 aliphatic rings. The van der Waals surface area contributed by atoms with Gasteiger partial charge < -0.3 is 9.32 Å². The number of aromatic nitrogens is 4. The van der Waals surface area contributed by atoms with Crippen molar-refractivity contribution in [2.45, 2.75) is 39.8 Å². The van der Waals surface area contributed by atoms with Gasteiger partial charge in [0.15, 0.2) is 17.5 Å². The van der Waals surface area contributed by atoms with Crippen LogP contribution in [0.5, 0.6) is 0 Å². The molecule has 0 saturated carbocycles. The molecule has 0 spiro atoms. The summed E-state index contributed by atoms with van der Waals surface area (Å²) >= 11 is 0. The summed E-state index contributed by atoms with van der Waals surface area (Å²) in [5.41, 5.74) is 0.616. The Hall–Kier alpha value is -2.18. The zero-order chi connectivity index (χ0) is 14.3. The predicted octanol–water partition coefficient (Wildman–Crippen LogP) is 1.55. The van der Waals surface area contributed by atoms with Crippen LogP contribution in [0.2, 0.25) is 0 Å². The largest absolute Gasteiger partial charge is 0.449 e. The minimum absolute atomic E-state index is 0.0978. The van der Waals surface area contributed by atoms with Gasteiger partial charge >= 0.3 is 0 Å². The van der Waals surface area contributed by atoms with Crippen LogP contribution in [0.3, 0.4) is 0 Å². The van der Waals surface area contributed by atoms with Gasteiger partial charge in [0, 0.05) is 13.5 Å². The highest BCUT2D eigenvalue weighted by atomic mass is 16.3. The van der Waals surface area contributed by atoms with Crippen molar-refractivity contribution in [3.05, 3.63) is 18.0 Å². The van der Waals surface area contributed by atoms with Crippen molar-refractivity contribution >= 4 is 5.91 Å². The molecule has 0 aromatic carbocycles. The number of carbonyl (C=O) groups excluding carboxylic acids is 1. The molecule has 7 nitrogen and oxygen atoms in total. The maximum atomic E-state index is 12.4. The molecule has 3 heterocycles. The SMILES string of the molecule is CCCN1Cc2nnc(-c3coc(C)n3)n2[C@H](C)C1=O. The number of hydrogen-bond acceptors (Lipinski definition) is 5. The minimum Gasteiger partial charge on any atom is -0.449 e. The molecule has 0 aliphatic carbocycles. The van der Waals surface area contributed by atoms with Crippen LogP contribution in [0.4, 0.5) is 0 Å². The van der Waals surface area contributed by atoms with Crippen LogP contribution in [-0.2, 0) is 11.3 Å². The van der Waals surface area contributed by atoms with E-state index in [2.05, 4.69) is 22.1 Å². The van der Waals surface area contributed by atoms with Gasteiger partial charge in [0.1, 0.15) is 18.0 Å². The van der Waals surface area contributed by atoms with Crippen LogP contribution in [-0.4, -0.2) is 37.1 Å². The fraction of sp³-hybridized carbons (Fsp3) is 0.538. The van der Waals surface area contributed by atoms with Crippen molar-refractivity contribution in [1.29, 1.82) is 0 Å². The van der Waals surface area contributed by atoms with E-state index in [4.69, 9.17) is 4.42 Å². The van der Waals surface area contributed by atoms with Crippen molar-refractivity contribution in [2.24, 2.45) is 0 Å². The van der Waals surface area contributed by atoms with Crippen LogP contribution in [0.1, 0.15) is 38.0 Å². The number of amides is 1. The lowest BCUT2D eigenvalue weighted by Crippen LogP contribution is -2.42. The van der Waals surface area contributed by atoms with E-state index in [1.807, 2.05) is 16.4 Å². The van der Waals surface area contributed by atoms with Crippen molar-refractivity contribution in [3.8, 4) is 11.5 Å². The Morgan fingerprint density at radius 2 is 2.25 bits per heavy atom. The molecule has 1 aliphatic heterocycles. The van der Waals surface area contributed by atoms with Gasteiger partial charge in [0.2, 0.25) is 5.91 Å². The molecule has 7 heteroatoms. The summed E-state index contributed by atoms with van der Waals surface area (Å²) in [6, 6.07) is -0.313. The Morgan fingerprint density at radius 3 is 2.90 bits per heavy atom. The van der Waals surface area contributed by atoms with E-state index in [-0.39, 0.29) is 11.9 Å². The Labute approximate surface area is 116 Å². The first kappa shape index (κ1) is 12.8. The van der Waals surface area contributed by atoms with Gasteiger partial charge in [-0.3, -0.25) is 9.36 Å². The van der Waals surface area contributed by atoms with Crippen LogP contribution in [0.25, 0.3) is 11.5 Å². The highest BCUT2D eigenvalue weighted by Gasteiger charge is 2.33. The first-order valence-corrected chi connectivity index (χ1v) is 6.77. The second kappa shape index (κ2) is 4.73. The van der Waals surface area contributed by atoms with Crippen LogP contribution in [0, 0.1) is 6.92 Å². The monoisotopic (exact) mass is 275 g/mol. The molecular formula is C13H17N5O2. The molecule has 0 bridgehead atoms. The standard InChI is InChI=1S/C13H17N5O2/c1-4-5-17-6-11-15-16-12(10-7-20-9(3)14-10)18(11)8(2)13(17)19/h7-8H,4-6H2,1-3H3/t8-/m1/s1. The van der Waals surface area contributed by atoms with E-state index in [1.165, 1.54) is 0 Å². The fourth-order valence-electron chi connectivity index (χ4n) is 2.56. The van der Waals surface area contributed by atoms with Gasteiger partial charge in [-0.05, 0) is 13.3 Å². The summed E-state index contributed by atoms with van der Waals surface area (Å²) in [5.74, 6) is 2.05. The van der Waals surface area contributed by atoms with Crippen molar-refractivity contribution in [3.63, 3.8) is 0 Å². The van der Waals surface area contributed by atoms with E-state index >= 15 is 0 Å². The van der Waals surface area contributed by atoms with Crippen LogP contribution < -0.4 is 0 Å². The molecule has 20 heavy (non-hydrogen) atoms. The van der Waals surface area contributed by atoms with Gasteiger partial charge in [0.05, 0.1) is 6.54 Å². The number of rotatable bonds is 3. The predicted molar refractivity (Wildman–Crippen MR) is 70.7 cm³/mol. The van der Waals surface area contributed by atoms with Crippen molar-refractivity contribution < 1.29 is 9.21 Å². The molecule has 106 valence electrons. The molecular weight excluding hydrogens is 258 g/mol. The van der Waals surface area contributed by atoms with Gasteiger partial charge in [0.25, 0.3) is 0 Å². The Morgan fingerprint density at radius 1 is 1.45 bits per heavy atom. The quantitative estimate of drug-likeness (QED) is 0.849. The lowest BCUT2D eigenvalue weighted by Gasteiger charge is -2.31. The second-order valence-electron chi connectivity index (χ2n) is 5.00. The summed E-state index contributed by atoms with van der Waals surface area (Å²) in [7, 11) is 0. The number of nitrogens with zero attached hydrogens (tertiary/aromatic N) is 5. The molecule has 3 rings (SSSR count). The first-order chi connectivity index (χ1) is 9.61. The molecule has 0 unspecified atom stereocenters. The summed E-state index contributed by atoms with van der Waals surface area (Å²) in [6.07, 6.45) is 2.48. The molecule has 0 radical (unpaired) electrons. The molecule has 0 N–H and O–H groups in total. The number of fused-ring (bicyclic) bond motifs is 1. The number of carbonyl (C=O) groups is 1. The smallest absolute Gasteiger partial charge is 0.245 e. The Balaban J connectivity index is 2.02. The summed E-state index contributed by atoms with van der Waals surface area (Å²) in [6.45, 7) is 6.94. The maximum absolute atomic E-state index is 12.4. The van der Waals surface area contributed by atoms with Crippen LogP contribution >= 0.6 is 0 Å². The number of oxazole rings is 1. The highest BCUT2D eigenvalue weighted by molar-refractivity contribution is 5.81. The zero-order valence-corrected chi connectivity index (χ0v) is 11.8. The lowest BCUT2D eigenvalue weighted by molar-refractivity contribution is -0.136. The van der Waals surface area contributed by atoms with E-state index in [0.717, 1.165) is 18.8 Å². The third-order valence-corrected chi connectivity index (χ3v) is 3.50. The van der Waals surface area contributed by atoms with Crippen molar-refractivity contribution in [2.75, 3.05) is 6.54 Å². The molecule has 0 saturated heterocycles. The van der Waals surface area contributed by atoms with Gasteiger partial charge in [-0.2, -0.15) is 0 Å². The van der Waals surface area contributed by atoms with Gasteiger partial charge in [-0.1, -0.05) is 6.92 Å². The number of aryl methyl sites for hydroxylation is 1. The second-order valence-corrected chi connectivity index (χ2v) is 5.00. The normalized spacial score (nSPS) is 18.4. The zero-order valence-electron chi connectivity index (χ0n) is 11.8. The fourth-order valence-corrected chi connectivity index (χ4v) is 2.56. The average Bonchev–Trinajstić information content (AvgIpc) is 3.02. The summed E-state index contributed by atoms with van der Waals surface area (Å²) < 4.78 is 7.07. The highest BCUT2D eigenvalue weighted by Crippen LogP contribution is 2.27. The summed E-state index contributed by atoms with van der Waals surface area (Å²) in [4.78, 5) is 18.5. The van der Waals surface area contributed by atoms with Crippen molar-refractivity contribution in [1.82, 2.24) is 24.6 Å². The molecule has 1 atom stereocenters. The maximum Gasteiger partial charge on any atom is 0.245 e. The third-order valence-electron chi connectivity index (χ3n) is 3.50. The number of hydrogen-bond donors (Lipinski definition) is 0. The minimum atomic E-state index is -0.313. The van der Waals surface area contributed by atoms with Gasteiger partial charge in [-0.25, -0.2) is 4.98 Å². The first-order valence-electron chi connectivity index (χ1n) is 6.77. The Bertz CT molecular complexity index is 645. The van der Waals surface area contributed by atoms with E-state index < -0.39 is 0 Å². The molecule has 2 aromatic rings. The van der Waals surface area contributed by atoms with Crippen LogP contribution in [0.15, 0.2) is 10.7 Å². The molecule has 1 amide bonds. The average molecular weight is 275 g/mol. The van der Waals surface area contributed by atoms with E-state index in [0.29, 0.717) is 24.0 Å². The molecule has 2 aromatic heterocycles. The van der Waals surface area contributed by atoms with Gasteiger partial charge in [-0.15, -0.1) is 10.2 Å². The van der Waals surface area contributed by atoms with E-state index in [1.54, 1.807) is 13.2 Å². The third kappa shape index (κ3) is 1.90. The topological polar surface area (TPSA) is 77.1 Å². The summed E-state index contributed by atoms with van der Waals surface area (Å²) in [5, 5.41) is 8.37. The van der Waals surface area contributed by atoms with E-state index in [9.17, 15) is 4.79 Å². The molecule has 0 fully saturated rings. The Kier molecular flexibility index (Phi) is 3.04.